The van der Waals surface area contributed by atoms with E-state index in [1.165, 1.54) is 0 Å². The van der Waals surface area contributed by atoms with Crippen LogP contribution in [0.15, 0.2) is 24.3 Å². The number of nitrogens with one attached hydrogen (secondary N) is 1. The minimum Gasteiger partial charge on any atom is -0.494 e. The molecule has 0 aliphatic heterocycles. The number of benzene rings is 1. The molecule has 0 aliphatic rings. The van der Waals surface area contributed by atoms with Crippen LogP contribution in [0.4, 0.5) is 5.69 Å². The molecule has 1 aromatic rings. The van der Waals surface area contributed by atoms with Crippen molar-refractivity contribution in [2.45, 2.75) is 20.3 Å². The van der Waals surface area contributed by atoms with E-state index in [4.69, 9.17) is 10.5 Å². The Labute approximate surface area is 115 Å². The van der Waals surface area contributed by atoms with Crippen molar-refractivity contribution in [2.24, 2.45) is 11.7 Å². The molecule has 0 bridgehead atoms. The molecule has 0 saturated carbocycles. The molecule has 3 N–H and O–H groups in total. The van der Waals surface area contributed by atoms with Crippen LogP contribution in [0.2, 0.25) is 0 Å². The van der Waals surface area contributed by atoms with Gasteiger partial charge in [0, 0.05) is 12.6 Å². The van der Waals surface area contributed by atoms with E-state index in [2.05, 4.69) is 18.6 Å². The zero-order valence-corrected chi connectivity index (χ0v) is 12.2. The van der Waals surface area contributed by atoms with Gasteiger partial charge < -0.3 is 10.5 Å². The number of anilines is 1. The van der Waals surface area contributed by atoms with Gasteiger partial charge in [-0.1, -0.05) is 19.9 Å². The molecule has 108 valence electrons. The first-order valence-corrected chi connectivity index (χ1v) is 8.01. The van der Waals surface area contributed by atoms with Crippen molar-refractivity contribution in [3.63, 3.8) is 0 Å². The van der Waals surface area contributed by atoms with Crippen LogP contribution >= 0.6 is 0 Å². The van der Waals surface area contributed by atoms with E-state index >= 15 is 0 Å². The Hall–Kier alpha value is -1.27. The van der Waals surface area contributed by atoms with Crippen LogP contribution in [0.25, 0.3) is 0 Å². The van der Waals surface area contributed by atoms with E-state index in [-0.39, 0.29) is 12.3 Å². The summed E-state index contributed by atoms with van der Waals surface area (Å²) in [5.41, 5.74) is 5.74. The summed E-state index contributed by atoms with van der Waals surface area (Å²) in [5, 5.41) is 0. The molecule has 1 rings (SSSR count). The molecular formula is C13H22N2O3S. The van der Waals surface area contributed by atoms with Crippen LogP contribution in [0.1, 0.15) is 20.3 Å². The van der Waals surface area contributed by atoms with Crippen molar-refractivity contribution >= 4 is 15.7 Å². The van der Waals surface area contributed by atoms with E-state index in [0.717, 1.165) is 6.42 Å². The molecule has 0 spiro atoms. The first kappa shape index (κ1) is 15.8. The highest BCUT2D eigenvalue weighted by molar-refractivity contribution is 7.92. The molecule has 0 heterocycles. The number of ether oxygens (including phenoxy) is 1. The Balaban J connectivity index is 2.62. The lowest BCUT2D eigenvalue weighted by molar-refractivity contribution is 0.289. The second kappa shape index (κ2) is 7.35. The molecule has 0 aliphatic carbocycles. The maximum atomic E-state index is 11.6. The Morgan fingerprint density at radius 1 is 1.37 bits per heavy atom. The van der Waals surface area contributed by atoms with Crippen LogP contribution in [0.5, 0.6) is 5.75 Å². The van der Waals surface area contributed by atoms with E-state index in [1.807, 2.05) is 0 Å². The number of nitrogens with two attached hydrogens (primary N) is 1. The molecular weight excluding hydrogens is 264 g/mol. The molecule has 0 amide bonds. The average Bonchev–Trinajstić information content (AvgIpc) is 2.28. The highest BCUT2D eigenvalue weighted by atomic mass is 32.2. The van der Waals surface area contributed by atoms with Crippen molar-refractivity contribution in [3.05, 3.63) is 24.3 Å². The molecule has 0 unspecified atom stereocenters. The lowest BCUT2D eigenvalue weighted by Crippen LogP contribution is -2.22. The Morgan fingerprint density at radius 3 is 2.74 bits per heavy atom. The number of hydrogen-bond donors (Lipinski definition) is 2. The van der Waals surface area contributed by atoms with Gasteiger partial charge in [0.2, 0.25) is 10.0 Å². The Morgan fingerprint density at radius 2 is 2.11 bits per heavy atom. The summed E-state index contributed by atoms with van der Waals surface area (Å²) in [5.74, 6) is 1.14. The van der Waals surface area contributed by atoms with Gasteiger partial charge in [0.1, 0.15) is 5.75 Å². The molecule has 0 saturated heterocycles. The standard InChI is InChI=1S/C13H22N2O3S/c1-11(2)6-8-18-13-5-3-4-12(10-13)15-19(16,17)9-7-14/h3-5,10-11,15H,6-9,14H2,1-2H3. The summed E-state index contributed by atoms with van der Waals surface area (Å²) in [6.07, 6.45) is 0.961. The fraction of sp³-hybridized carbons (Fsp3) is 0.538. The summed E-state index contributed by atoms with van der Waals surface area (Å²) in [7, 11) is -3.37. The van der Waals surface area contributed by atoms with Crippen LogP contribution in [0, 0.1) is 5.92 Å². The van der Waals surface area contributed by atoms with Gasteiger partial charge in [-0.05, 0) is 24.5 Å². The zero-order valence-electron chi connectivity index (χ0n) is 11.4. The van der Waals surface area contributed by atoms with Crippen molar-refractivity contribution in [1.29, 1.82) is 0 Å². The summed E-state index contributed by atoms with van der Waals surface area (Å²) < 4.78 is 31.2. The van der Waals surface area contributed by atoms with Gasteiger partial charge in [-0.3, -0.25) is 4.72 Å². The van der Waals surface area contributed by atoms with Gasteiger partial charge in [-0.25, -0.2) is 8.42 Å². The van der Waals surface area contributed by atoms with E-state index < -0.39 is 10.0 Å². The summed E-state index contributed by atoms with van der Waals surface area (Å²) in [4.78, 5) is 0. The zero-order chi connectivity index (χ0) is 14.3. The first-order chi connectivity index (χ1) is 8.93. The van der Waals surface area contributed by atoms with Crippen LogP contribution < -0.4 is 15.2 Å². The normalized spacial score (nSPS) is 11.6. The van der Waals surface area contributed by atoms with Crippen molar-refractivity contribution < 1.29 is 13.2 Å². The maximum Gasteiger partial charge on any atom is 0.233 e. The maximum absolute atomic E-state index is 11.6. The summed E-state index contributed by atoms with van der Waals surface area (Å²) in [6, 6.07) is 6.92. The molecule has 0 radical (unpaired) electrons. The SMILES string of the molecule is CC(C)CCOc1cccc(NS(=O)(=O)CCN)c1. The lowest BCUT2D eigenvalue weighted by atomic mass is 10.1. The van der Waals surface area contributed by atoms with Crippen molar-refractivity contribution in [1.82, 2.24) is 0 Å². The number of rotatable bonds is 8. The highest BCUT2D eigenvalue weighted by Crippen LogP contribution is 2.19. The lowest BCUT2D eigenvalue weighted by Gasteiger charge is -2.11. The molecule has 6 heteroatoms. The summed E-state index contributed by atoms with van der Waals surface area (Å²) in [6.45, 7) is 4.97. The smallest absolute Gasteiger partial charge is 0.233 e. The van der Waals surface area contributed by atoms with Crippen molar-refractivity contribution in [2.75, 3.05) is 23.6 Å². The van der Waals surface area contributed by atoms with Gasteiger partial charge in [0.15, 0.2) is 0 Å². The monoisotopic (exact) mass is 286 g/mol. The fourth-order valence-electron chi connectivity index (χ4n) is 1.45. The highest BCUT2D eigenvalue weighted by Gasteiger charge is 2.09. The topological polar surface area (TPSA) is 81.4 Å². The molecule has 5 nitrogen and oxygen atoms in total. The van der Waals surface area contributed by atoms with Crippen LogP contribution in [0.3, 0.4) is 0 Å². The molecule has 19 heavy (non-hydrogen) atoms. The fourth-order valence-corrected chi connectivity index (χ4v) is 2.35. The molecule has 1 aromatic carbocycles. The van der Waals surface area contributed by atoms with E-state index in [9.17, 15) is 8.42 Å². The quantitative estimate of drug-likeness (QED) is 0.763. The van der Waals surface area contributed by atoms with Gasteiger partial charge in [0.05, 0.1) is 18.0 Å². The minimum absolute atomic E-state index is 0.0918. The largest absolute Gasteiger partial charge is 0.494 e. The number of hydrogen-bond acceptors (Lipinski definition) is 4. The van der Waals surface area contributed by atoms with Gasteiger partial charge in [-0.15, -0.1) is 0 Å². The Kier molecular flexibility index (Phi) is 6.11. The van der Waals surface area contributed by atoms with E-state index in [1.54, 1.807) is 24.3 Å². The second-order valence-electron chi connectivity index (χ2n) is 4.77. The third-order valence-electron chi connectivity index (χ3n) is 2.46. The molecule has 0 aromatic heterocycles. The number of sulfonamides is 1. The summed E-state index contributed by atoms with van der Waals surface area (Å²) >= 11 is 0. The van der Waals surface area contributed by atoms with Crippen LogP contribution in [-0.2, 0) is 10.0 Å². The third kappa shape index (κ3) is 6.45. The molecule has 0 atom stereocenters. The predicted molar refractivity (Wildman–Crippen MR) is 77.9 cm³/mol. The van der Waals surface area contributed by atoms with Gasteiger partial charge in [-0.2, -0.15) is 0 Å². The van der Waals surface area contributed by atoms with E-state index in [0.29, 0.717) is 24.0 Å². The second-order valence-corrected chi connectivity index (χ2v) is 6.61. The Bertz CT molecular complexity index is 486. The van der Waals surface area contributed by atoms with Gasteiger partial charge >= 0.3 is 0 Å². The van der Waals surface area contributed by atoms with Gasteiger partial charge in [0.25, 0.3) is 0 Å². The van der Waals surface area contributed by atoms with Crippen molar-refractivity contribution in [3.8, 4) is 5.75 Å². The first-order valence-electron chi connectivity index (χ1n) is 6.36. The molecule has 0 fully saturated rings. The van der Waals surface area contributed by atoms with Crippen LogP contribution in [-0.4, -0.2) is 27.3 Å². The predicted octanol–water partition coefficient (Wildman–Crippen LogP) is 1.81. The minimum atomic E-state index is -3.37. The average molecular weight is 286 g/mol. The third-order valence-corrected chi connectivity index (χ3v) is 3.78.